The Morgan fingerprint density at radius 2 is 1.58 bits per heavy atom. The van der Waals surface area contributed by atoms with Gasteiger partial charge in [-0.25, -0.2) is 4.39 Å². The molecule has 172 valence electrons. The van der Waals surface area contributed by atoms with Crippen molar-refractivity contribution in [3.05, 3.63) is 69.6 Å². The summed E-state index contributed by atoms with van der Waals surface area (Å²) in [6.07, 6.45) is -1.09. The lowest BCUT2D eigenvalue weighted by molar-refractivity contribution is -0.130. The summed E-state index contributed by atoms with van der Waals surface area (Å²) in [6, 6.07) is 19.3. The number of amides is 1. The van der Waals surface area contributed by atoms with Crippen LogP contribution in [-0.4, -0.2) is 48.8 Å². The van der Waals surface area contributed by atoms with Gasteiger partial charge in [0.15, 0.2) is 6.61 Å². The van der Waals surface area contributed by atoms with Gasteiger partial charge >= 0.3 is 0 Å². The van der Waals surface area contributed by atoms with E-state index in [2.05, 4.69) is 49.3 Å². The van der Waals surface area contributed by atoms with E-state index in [1.54, 1.807) is 26.2 Å². The minimum absolute atomic E-state index is 0.0156. The average molecular weight is 577 g/mol. The van der Waals surface area contributed by atoms with E-state index in [-0.39, 0.29) is 25.6 Å². The van der Waals surface area contributed by atoms with Gasteiger partial charge in [-0.15, -0.1) is 0 Å². The number of carbonyl (C=O) groups excluding carboxylic acids is 1. The molecule has 0 saturated carbocycles. The van der Waals surface area contributed by atoms with Crippen LogP contribution in [0.3, 0.4) is 0 Å². The van der Waals surface area contributed by atoms with Crippen molar-refractivity contribution >= 4 is 65.3 Å². The molecule has 8 heteroatoms. The SMILES string of the molecule is CN(C)C(=O)COc1ccc(NCC(F)Cn2c3ccc(Br)cc3c3cc(Br)ccc32)cc1. The quantitative estimate of drug-likeness (QED) is 0.270. The van der Waals surface area contributed by atoms with Gasteiger partial charge in [0.25, 0.3) is 5.91 Å². The molecule has 4 rings (SSSR count). The van der Waals surface area contributed by atoms with Crippen molar-refractivity contribution in [3.63, 3.8) is 0 Å². The van der Waals surface area contributed by atoms with Crippen molar-refractivity contribution in [2.45, 2.75) is 12.7 Å². The predicted molar refractivity (Wildman–Crippen MR) is 139 cm³/mol. The lowest BCUT2D eigenvalue weighted by atomic mass is 10.2. The third kappa shape index (κ3) is 5.50. The number of fused-ring (bicyclic) bond motifs is 3. The van der Waals surface area contributed by atoms with Gasteiger partial charge in [-0.2, -0.15) is 0 Å². The van der Waals surface area contributed by atoms with Crippen molar-refractivity contribution in [1.82, 2.24) is 9.47 Å². The zero-order valence-electron chi connectivity index (χ0n) is 18.3. The molecule has 1 atom stereocenters. The number of benzene rings is 3. The molecule has 0 aliphatic rings. The Hall–Kier alpha value is -2.58. The molecule has 0 aliphatic heterocycles. The molecular weight excluding hydrogens is 553 g/mol. The summed E-state index contributed by atoms with van der Waals surface area (Å²) in [5, 5.41) is 5.32. The van der Waals surface area contributed by atoms with Gasteiger partial charge in [0.1, 0.15) is 11.9 Å². The summed E-state index contributed by atoms with van der Waals surface area (Å²) < 4.78 is 24.6. The van der Waals surface area contributed by atoms with Crippen LogP contribution >= 0.6 is 31.9 Å². The normalized spacial score (nSPS) is 12.2. The Morgan fingerprint density at radius 1 is 1.00 bits per heavy atom. The van der Waals surface area contributed by atoms with E-state index in [9.17, 15) is 4.79 Å². The molecule has 0 spiro atoms. The number of alkyl halides is 1. The van der Waals surface area contributed by atoms with E-state index in [0.717, 1.165) is 36.4 Å². The van der Waals surface area contributed by atoms with Crippen molar-refractivity contribution < 1.29 is 13.9 Å². The highest BCUT2D eigenvalue weighted by Crippen LogP contribution is 2.33. The molecule has 1 amide bonds. The van der Waals surface area contributed by atoms with Crippen molar-refractivity contribution in [1.29, 1.82) is 0 Å². The van der Waals surface area contributed by atoms with E-state index in [4.69, 9.17) is 4.74 Å². The second kappa shape index (κ2) is 10.1. The van der Waals surface area contributed by atoms with Gasteiger partial charge < -0.3 is 19.5 Å². The largest absolute Gasteiger partial charge is 0.484 e. The molecular formula is C25H24Br2FN3O2. The zero-order chi connectivity index (χ0) is 23.5. The Bertz CT molecular complexity index is 1230. The van der Waals surface area contributed by atoms with Crippen molar-refractivity contribution in [2.75, 3.05) is 32.6 Å². The van der Waals surface area contributed by atoms with Crippen LogP contribution in [0.1, 0.15) is 0 Å². The summed E-state index contributed by atoms with van der Waals surface area (Å²) in [6.45, 7) is 0.399. The average Bonchev–Trinajstić information content (AvgIpc) is 3.08. The summed E-state index contributed by atoms with van der Waals surface area (Å²) in [4.78, 5) is 13.1. The number of aromatic nitrogens is 1. The number of halogens is 3. The topological polar surface area (TPSA) is 46.5 Å². The molecule has 33 heavy (non-hydrogen) atoms. The molecule has 0 aliphatic carbocycles. The van der Waals surface area contributed by atoms with E-state index in [1.165, 1.54) is 4.90 Å². The van der Waals surface area contributed by atoms with Gasteiger partial charge in [-0.1, -0.05) is 31.9 Å². The van der Waals surface area contributed by atoms with E-state index < -0.39 is 6.17 Å². The third-order valence-corrected chi connectivity index (χ3v) is 6.40. The van der Waals surface area contributed by atoms with Gasteiger partial charge in [-0.3, -0.25) is 4.79 Å². The van der Waals surface area contributed by atoms with Crippen LogP contribution in [0.2, 0.25) is 0 Å². The fourth-order valence-corrected chi connectivity index (χ4v) is 4.40. The molecule has 4 aromatic rings. The number of rotatable bonds is 8. The first-order valence-electron chi connectivity index (χ1n) is 10.5. The number of hydrogen-bond acceptors (Lipinski definition) is 3. The second-order valence-electron chi connectivity index (χ2n) is 8.01. The van der Waals surface area contributed by atoms with Crippen LogP contribution in [0.15, 0.2) is 69.6 Å². The van der Waals surface area contributed by atoms with Gasteiger partial charge in [-0.05, 0) is 60.7 Å². The van der Waals surface area contributed by atoms with Gasteiger partial charge in [0.05, 0.1) is 6.54 Å². The highest BCUT2D eigenvalue weighted by molar-refractivity contribution is 9.10. The maximum absolute atomic E-state index is 15.1. The number of carbonyl (C=O) groups is 1. The smallest absolute Gasteiger partial charge is 0.259 e. The molecule has 0 bridgehead atoms. The number of likely N-dealkylation sites (N-methyl/N-ethyl adjacent to an activating group) is 1. The molecule has 0 fully saturated rings. The minimum atomic E-state index is -1.09. The number of nitrogens with one attached hydrogen (secondary N) is 1. The highest BCUT2D eigenvalue weighted by atomic mass is 79.9. The molecule has 1 unspecified atom stereocenters. The number of hydrogen-bond donors (Lipinski definition) is 1. The van der Waals surface area contributed by atoms with E-state index >= 15 is 4.39 Å². The maximum Gasteiger partial charge on any atom is 0.259 e. The van der Waals surface area contributed by atoms with Crippen LogP contribution in [0.5, 0.6) is 5.75 Å². The lowest BCUT2D eigenvalue weighted by Crippen LogP contribution is -2.27. The monoisotopic (exact) mass is 575 g/mol. The second-order valence-corrected chi connectivity index (χ2v) is 9.84. The lowest BCUT2D eigenvalue weighted by Gasteiger charge is -2.15. The van der Waals surface area contributed by atoms with Crippen LogP contribution in [0, 0.1) is 0 Å². The van der Waals surface area contributed by atoms with E-state index in [1.807, 2.05) is 41.0 Å². The third-order valence-electron chi connectivity index (χ3n) is 5.41. The van der Waals surface area contributed by atoms with Gasteiger partial charge in [0.2, 0.25) is 0 Å². The van der Waals surface area contributed by atoms with E-state index in [0.29, 0.717) is 5.75 Å². The first kappa shape index (κ1) is 23.6. The Balaban J connectivity index is 1.43. The molecule has 3 aromatic carbocycles. The molecule has 1 heterocycles. The fraction of sp³-hybridized carbons (Fsp3) is 0.240. The molecule has 0 saturated heterocycles. The summed E-state index contributed by atoms with van der Waals surface area (Å²) in [7, 11) is 3.37. The molecule has 1 N–H and O–H groups in total. The van der Waals surface area contributed by atoms with Gasteiger partial charge in [0, 0.05) is 57.1 Å². The summed E-state index contributed by atoms with van der Waals surface area (Å²) in [5.41, 5.74) is 2.80. The molecule has 0 radical (unpaired) electrons. The van der Waals surface area contributed by atoms with Crippen LogP contribution in [0.25, 0.3) is 21.8 Å². The number of anilines is 1. The summed E-state index contributed by atoms with van der Waals surface area (Å²) >= 11 is 7.09. The van der Waals surface area contributed by atoms with Crippen LogP contribution in [-0.2, 0) is 11.3 Å². The highest BCUT2D eigenvalue weighted by Gasteiger charge is 2.15. The van der Waals surface area contributed by atoms with Crippen LogP contribution < -0.4 is 10.1 Å². The predicted octanol–water partition coefficient (Wildman–Crippen LogP) is 6.24. The number of ether oxygens (including phenoxy) is 1. The molecule has 5 nitrogen and oxygen atoms in total. The first-order valence-corrected chi connectivity index (χ1v) is 12.1. The Kier molecular flexibility index (Phi) is 7.24. The summed E-state index contributed by atoms with van der Waals surface area (Å²) in [5.74, 6) is 0.484. The fourth-order valence-electron chi connectivity index (χ4n) is 3.68. The van der Waals surface area contributed by atoms with Crippen molar-refractivity contribution in [3.8, 4) is 5.75 Å². The molecule has 1 aromatic heterocycles. The van der Waals surface area contributed by atoms with Crippen LogP contribution in [0.4, 0.5) is 10.1 Å². The Labute approximate surface area is 208 Å². The first-order chi connectivity index (χ1) is 15.8. The zero-order valence-corrected chi connectivity index (χ0v) is 21.5. The maximum atomic E-state index is 15.1. The Morgan fingerprint density at radius 3 is 2.12 bits per heavy atom. The number of nitrogens with zero attached hydrogens (tertiary/aromatic N) is 2. The van der Waals surface area contributed by atoms with Crippen molar-refractivity contribution in [2.24, 2.45) is 0 Å². The standard InChI is InChI=1S/C25H24Br2FN3O2/c1-30(2)25(32)15-33-20-7-5-19(6-8-20)29-13-18(28)14-31-23-9-3-16(26)11-21(23)22-12-17(27)4-10-24(22)31/h3-12,18,29H,13-15H2,1-2H3. The minimum Gasteiger partial charge on any atom is -0.484 e.